The minimum atomic E-state index is 0.473. The van der Waals surface area contributed by atoms with Crippen LogP contribution in [0.3, 0.4) is 0 Å². The molecule has 0 amide bonds. The average molecular weight is 257 g/mol. The first-order valence-electron chi connectivity index (χ1n) is 6.88. The van der Waals surface area contributed by atoms with Gasteiger partial charge in [0.1, 0.15) is 5.82 Å². The van der Waals surface area contributed by atoms with E-state index in [1.54, 1.807) is 0 Å². The maximum Gasteiger partial charge on any atom is 0.109 e. The zero-order valence-electron chi connectivity index (χ0n) is 12.1. The molecule has 0 bridgehead atoms. The van der Waals surface area contributed by atoms with Crippen molar-refractivity contribution in [1.82, 2.24) is 14.9 Å². The zero-order chi connectivity index (χ0) is 13.7. The summed E-state index contributed by atoms with van der Waals surface area (Å²) in [4.78, 5) is 4.40. The van der Waals surface area contributed by atoms with Crippen molar-refractivity contribution in [1.29, 1.82) is 0 Å². The fourth-order valence-corrected chi connectivity index (χ4v) is 2.38. The Hall–Kier alpha value is -1.61. The van der Waals surface area contributed by atoms with E-state index in [0.717, 1.165) is 25.1 Å². The molecule has 3 nitrogen and oxygen atoms in total. The second-order valence-corrected chi connectivity index (χ2v) is 5.11. The summed E-state index contributed by atoms with van der Waals surface area (Å²) in [7, 11) is 4.09. The molecule has 1 atom stereocenters. The van der Waals surface area contributed by atoms with Crippen LogP contribution >= 0.6 is 0 Å². The van der Waals surface area contributed by atoms with Gasteiger partial charge in [-0.2, -0.15) is 0 Å². The summed E-state index contributed by atoms with van der Waals surface area (Å²) in [5.74, 6) is 1.14. The molecule has 102 valence electrons. The summed E-state index contributed by atoms with van der Waals surface area (Å²) in [6, 6.07) is 9.10. The Bertz CT molecular complexity index is 516. The Balaban J connectivity index is 1.93. The summed E-state index contributed by atoms with van der Waals surface area (Å²) in [6.07, 6.45) is 7.09. The van der Waals surface area contributed by atoms with E-state index in [9.17, 15) is 0 Å². The van der Waals surface area contributed by atoms with Crippen LogP contribution in [0.2, 0.25) is 0 Å². The van der Waals surface area contributed by atoms with Crippen LogP contribution in [0.15, 0.2) is 36.7 Å². The average Bonchev–Trinajstić information content (AvgIpc) is 2.81. The number of hydrogen-bond acceptors (Lipinski definition) is 2. The molecule has 1 unspecified atom stereocenters. The quantitative estimate of drug-likeness (QED) is 0.861. The van der Waals surface area contributed by atoms with Gasteiger partial charge in [0.2, 0.25) is 0 Å². The molecule has 2 aromatic rings. The SMILES string of the molecule is CNC(CCc1ccccc1C)Cc1nccn1C. The molecular formula is C16H23N3. The molecular weight excluding hydrogens is 234 g/mol. The van der Waals surface area contributed by atoms with Gasteiger partial charge in [-0.1, -0.05) is 24.3 Å². The van der Waals surface area contributed by atoms with Crippen molar-refractivity contribution < 1.29 is 0 Å². The van der Waals surface area contributed by atoms with Gasteiger partial charge in [-0.05, 0) is 37.9 Å². The molecule has 0 spiro atoms. The predicted octanol–water partition coefficient (Wildman–Crippen LogP) is 2.49. The highest BCUT2D eigenvalue weighted by atomic mass is 15.0. The molecule has 1 aromatic carbocycles. The number of likely N-dealkylation sites (N-methyl/N-ethyl adjacent to an activating group) is 1. The zero-order valence-corrected chi connectivity index (χ0v) is 12.1. The number of imidazole rings is 1. The monoisotopic (exact) mass is 257 g/mol. The summed E-state index contributed by atoms with van der Waals surface area (Å²) < 4.78 is 2.10. The molecule has 0 aliphatic heterocycles. The Morgan fingerprint density at radius 3 is 2.74 bits per heavy atom. The summed E-state index contributed by atoms with van der Waals surface area (Å²) >= 11 is 0. The van der Waals surface area contributed by atoms with E-state index < -0.39 is 0 Å². The van der Waals surface area contributed by atoms with Crippen molar-refractivity contribution in [3.8, 4) is 0 Å². The maximum atomic E-state index is 4.40. The van der Waals surface area contributed by atoms with Crippen LogP contribution in [-0.4, -0.2) is 22.6 Å². The molecule has 0 saturated carbocycles. The molecule has 1 aromatic heterocycles. The van der Waals surface area contributed by atoms with Crippen LogP contribution in [-0.2, 0) is 19.9 Å². The van der Waals surface area contributed by atoms with E-state index in [0.29, 0.717) is 6.04 Å². The third-order valence-electron chi connectivity index (χ3n) is 3.78. The lowest BCUT2D eigenvalue weighted by molar-refractivity contribution is 0.502. The van der Waals surface area contributed by atoms with Crippen LogP contribution in [0.25, 0.3) is 0 Å². The smallest absolute Gasteiger partial charge is 0.109 e. The molecule has 3 heteroatoms. The lowest BCUT2D eigenvalue weighted by atomic mass is 9.99. The molecule has 2 rings (SSSR count). The molecule has 1 heterocycles. The third kappa shape index (κ3) is 3.67. The second-order valence-electron chi connectivity index (χ2n) is 5.11. The topological polar surface area (TPSA) is 29.9 Å². The van der Waals surface area contributed by atoms with Crippen molar-refractivity contribution in [2.24, 2.45) is 7.05 Å². The molecule has 0 radical (unpaired) electrons. The lowest BCUT2D eigenvalue weighted by Gasteiger charge is -2.16. The molecule has 1 N–H and O–H groups in total. The van der Waals surface area contributed by atoms with Gasteiger partial charge in [0.15, 0.2) is 0 Å². The van der Waals surface area contributed by atoms with Gasteiger partial charge in [0.05, 0.1) is 0 Å². The lowest BCUT2D eigenvalue weighted by Crippen LogP contribution is -2.29. The van der Waals surface area contributed by atoms with E-state index in [4.69, 9.17) is 0 Å². The minimum Gasteiger partial charge on any atom is -0.338 e. The van der Waals surface area contributed by atoms with E-state index in [2.05, 4.69) is 53.1 Å². The number of aryl methyl sites for hydroxylation is 3. The van der Waals surface area contributed by atoms with Crippen LogP contribution in [0.4, 0.5) is 0 Å². The largest absolute Gasteiger partial charge is 0.338 e. The fraction of sp³-hybridized carbons (Fsp3) is 0.438. The van der Waals surface area contributed by atoms with Crippen molar-refractivity contribution in [2.45, 2.75) is 32.2 Å². The van der Waals surface area contributed by atoms with Gasteiger partial charge in [0, 0.05) is 31.9 Å². The third-order valence-corrected chi connectivity index (χ3v) is 3.78. The normalized spacial score (nSPS) is 12.6. The van der Waals surface area contributed by atoms with E-state index in [1.165, 1.54) is 11.1 Å². The number of nitrogens with one attached hydrogen (secondary N) is 1. The Kier molecular flexibility index (Phi) is 4.74. The first-order chi connectivity index (χ1) is 9.20. The van der Waals surface area contributed by atoms with Crippen molar-refractivity contribution >= 4 is 0 Å². The van der Waals surface area contributed by atoms with Crippen LogP contribution in [0.1, 0.15) is 23.4 Å². The highest BCUT2D eigenvalue weighted by Gasteiger charge is 2.11. The summed E-state index contributed by atoms with van der Waals surface area (Å²) in [5.41, 5.74) is 2.83. The van der Waals surface area contributed by atoms with Crippen molar-refractivity contribution in [3.63, 3.8) is 0 Å². The molecule has 0 aliphatic carbocycles. The Morgan fingerprint density at radius 2 is 2.11 bits per heavy atom. The number of hydrogen-bond donors (Lipinski definition) is 1. The van der Waals surface area contributed by atoms with Crippen LogP contribution in [0, 0.1) is 6.92 Å². The van der Waals surface area contributed by atoms with Gasteiger partial charge < -0.3 is 9.88 Å². The van der Waals surface area contributed by atoms with Crippen LogP contribution < -0.4 is 5.32 Å². The Morgan fingerprint density at radius 1 is 1.32 bits per heavy atom. The summed E-state index contributed by atoms with van der Waals surface area (Å²) in [6.45, 7) is 2.18. The van der Waals surface area contributed by atoms with E-state index in [1.807, 2.05) is 19.4 Å². The van der Waals surface area contributed by atoms with Gasteiger partial charge in [0.25, 0.3) is 0 Å². The first-order valence-corrected chi connectivity index (χ1v) is 6.88. The van der Waals surface area contributed by atoms with Gasteiger partial charge in [-0.3, -0.25) is 0 Å². The number of benzene rings is 1. The second kappa shape index (κ2) is 6.53. The van der Waals surface area contributed by atoms with E-state index >= 15 is 0 Å². The minimum absolute atomic E-state index is 0.473. The predicted molar refractivity (Wildman–Crippen MR) is 79.3 cm³/mol. The van der Waals surface area contributed by atoms with Crippen molar-refractivity contribution in [3.05, 3.63) is 53.6 Å². The highest BCUT2D eigenvalue weighted by molar-refractivity contribution is 5.25. The molecule has 19 heavy (non-hydrogen) atoms. The van der Waals surface area contributed by atoms with Crippen molar-refractivity contribution in [2.75, 3.05) is 7.05 Å². The standard InChI is InChI=1S/C16H23N3/c1-13-6-4-5-7-14(13)8-9-15(17-2)12-16-18-10-11-19(16)3/h4-7,10-11,15,17H,8-9,12H2,1-3H3. The Labute approximate surface area is 115 Å². The van der Waals surface area contributed by atoms with Gasteiger partial charge >= 0.3 is 0 Å². The molecule has 0 fully saturated rings. The number of aromatic nitrogens is 2. The van der Waals surface area contributed by atoms with Gasteiger partial charge in [-0.15, -0.1) is 0 Å². The first kappa shape index (κ1) is 13.8. The number of rotatable bonds is 6. The number of nitrogens with zero attached hydrogens (tertiary/aromatic N) is 2. The molecule has 0 saturated heterocycles. The summed E-state index contributed by atoms with van der Waals surface area (Å²) in [5, 5.41) is 3.40. The molecule has 0 aliphatic rings. The maximum absolute atomic E-state index is 4.40. The van der Waals surface area contributed by atoms with E-state index in [-0.39, 0.29) is 0 Å². The fourth-order valence-electron chi connectivity index (χ4n) is 2.38. The highest BCUT2D eigenvalue weighted by Crippen LogP contribution is 2.12. The van der Waals surface area contributed by atoms with Crippen LogP contribution in [0.5, 0.6) is 0 Å². The van der Waals surface area contributed by atoms with Gasteiger partial charge in [-0.25, -0.2) is 4.98 Å².